The van der Waals surface area contributed by atoms with Crippen molar-refractivity contribution in [2.75, 3.05) is 18.0 Å². The molecule has 0 radical (unpaired) electrons. The summed E-state index contributed by atoms with van der Waals surface area (Å²) in [5, 5.41) is 0. The number of nitrogens with zero attached hydrogens (tertiary/aromatic N) is 2. The van der Waals surface area contributed by atoms with Gasteiger partial charge >= 0.3 is 0 Å². The third-order valence-corrected chi connectivity index (χ3v) is 3.04. The van der Waals surface area contributed by atoms with E-state index in [0.29, 0.717) is 6.54 Å². The number of nitrogens with two attached hydrogens (primary N) is 1. The van der Waals surface area contributed by atoms with E-state index < -0.39 is 0 Å². The van der Waals surface area contributed by atoms with Gasteiger partial charge in [-0.1, -0.05) is 6.92 Å². The Hall–Kier alpha value is -1.09. The molecule has 0 amide bonds. The molecule has 1 fully saturated rings. The first-order valence-electron chi connectivity index (χ1n) is 6.23. The lowest BCUT2D eigenvalue weighted by molar-refractivity contribution is 0.706. The van der Waals surface area contributed by atoms with Crippen LogP contribution in [0.3, 0.4) is 0 Å². The molecule has 1 aromatic rings. The molecular weight excluding hydrogens is 198 g/mol. The summed E-state index contributed by atoms with van der Waals surface area (Å²) in [7, 11) is 0. The lowest BCUT2D eigenvalue weighted by atomic mass is 10.2. The topological polar surface area (TPSA) is 42.2 Å². The second-order valence-electron chi connectivity index (χ2n) is 4.60. The minimum Gasteiger partial charge on any atom is -0.371 e. The quantitative estimate of drug-likeness (QED) is 0.797. The third kappa shape index (κ3) is 2.95. The second-order valence-corrected chi connectivity index (χ2v) is 4.60. The highest BCUT2D eigenvalue weighted by molar-refractivity contribution is 5.46. The van der Waals surface area contributed by atoms with Crippen molar-refractivity contribution in [3.63, 3.8) is 0 Å². The Labute approximate surface area is 97.7 Å². The van der Waals surface area contributed by atoms with E-state index in [4.69, 9.17) is 5.73 Å². The van der Waals surface area contributed by atoms with Gasteiger partial charge in [0.05, 0.1) is 5.69 Å². The Balaban J connectivity index is 2.08. The molecule has 1 aromatic heterocycles. The maximum Gasteiger partial charge on any atom is 0.0560 e. The van der Waals surface area contributed by atoms with Crippen LogP contribution in [0.25, 0.3) is 0 Å². The molecule has 2 rings (SSSR count). The lowest BCUT2D eigenvalue weighted by Gasteiger charge is -2.24. The number of hydrogen-bond donors (Lipinski definition) is 1. The molecule has 1 heterocycles. The summed E-state index contributed by atoms with van der Waals surface area (Å²) in [5.74, 6) is 0.918. The summed E-state index contributed by atoms with van der Waals surface area (Å²) in [6.45, 7) is 5.08. The first-order chi connectivity index (χ1) is 7.83. The van der Waals surface area contributed by atoms with Crippen molar-refractivity contribution in [1.29, 1.82) is 0 Å². The summed E-state index contributed by atoms with van der Waals surface area (Å²) in [4.78, 5) is 6.71. The van der Waals surface area contributed by atoms with Crippen LogP contribution in [0.2, 0.25) is 0 Å². The minimum absolute atomic E-state index is 0.525. The number of aromatic nitrogens is 1. The van der Waals surface area contributed by atoms with Crippen molar-refractivity contribution in [2.45, 2.75) is 32.7 Å². The van der Waals surface area contributed by atoms with E-state index in [-0.39, 0.29) is 0 Å². The zero-order valence-electron chi connectivity index (χ0n) is 10.0. The fourth-order valence-electron chi connectivity index (χ4n) is 1.98. The van der Waals surface area contributed by atoms with E-state index in [1.54, 1.807) is 0 Å². The zero-order valence-corrected chi connectivity index (χ0v) is 10.0. The van der Waals surface area contributed by atoms with Crippen LogP contribution in [0.1, 0.15) is 31.9 Å². The molecule has 1 aliphatic carbocycles. The van der Waals surface area contributed by atoms with Crippen LogP contribution in [0, 0.1) is 5.92 Å². The molecule has 3 heteroatoms. The van der Waals surface area contributed by atoms with Crippen molar-refractivity contribution in [3.8, 4) is 0 Å². The highest BCUT2D eigenvalue weighted by atomic mass is 15.1. The first kappa shape index (κ1) is 11.4. The maximum absolute atomic E-state index is 5.63. The van der Waals surface area contributed by atoms with Gasteiger partial charge in [0, 0.05) is 31.5 Å². The van der Waals surface area contributed by atoms with Crippen molar-refractivity contribution >= 4 is 5.69 Å². The van der Waals surface area contributed by atoms with E-state index in [1.807, 2.05) is 6.20 Å². The summed E-state index contributed by atoms with van der Waals surface area (Å²) in [6, 6.07) is 4.22. The minimum atomic E-state index is 0.525. The van der Waals surface area contributed by atoms with Gasteiger partial charge in [0.15, 0.2) is 0 Å². The summed E-state index contributed by atoms with van der Waals surface area (Å²) < 4.78 is 0. The van der Waals surface area contributed by atoms with Gasteiger partial charge in [0.1, 0.15) is 0 Å². The van der Waals surface area contributed by atoms with Crippen molar-refractivity contribution < 1.29 is 0 Å². The maximum atomic E-state index is 5.63. The summed E-state index contributed by atoms with van der Waals surface area (Å²) in [5.41, 5.74) is 7.89. The van der Waals surface area contributed by atoms with Crippen LogP contribution in [0.15, 0.2) is 18.3 Å². The molecule has 3 nitrogen and oxygen atoms in total. The van der Waals surface area contributed by atoms with Crippen LogP contribution in [-0.4, -0.2) is 18.1 Å². The molecule has 88 valence electrons. The number of hydrogen-bond acceptors (Lipinski definition) is 3. The number of pyridine rings is 1. The SMILES string of the molecule is CCCN(CC1CC1)c1ccnc(CN)c1. The van der Waals surface area contributed by atoms with E-state index in [1.165, 1.54) is 31.5 Å². The van der Waals surface area contributed by atoms with Crippen LogP contribution >= 0.6 is 0 Å². The van der Waals surface area contributed by atoms with E-state index >= 15 is 0 Å². The normalized spacial score (nSPS) is 15.1. The smallest absolute Gasteiger partial charge is 0.0560 e. The standard InChI is InChI=1S/C13H21N3/c1-2-7-16(10-11-3-4-11)13-5-6-15-12(8-13)9-14/h5-6,8,11H,2-4,7,9-10,14H2,1H3. The Kier molecular flexibility index (Phi) is 3.78. The molecule has 1 saturated carbocycles. The molecule has 0 saturated heterocycles. The van der Waals surface area contributed by atoms with Crippen LogP contribution < -0.4 is 10.6 Å². The highest BCUT2D eigenvalue weighted by Crippen LogP contribution is 2.31. The Bertz CT molecular complexity index is 334. The summed E-state index contributed by atoms with van der Waals surface area (Å²) >= 11 is 0. The Morgan fingerprint density at radius 3 is 2.94 bits per heavy atom. The monoisotopic (exact) mass is 219 g/mol. The second kappa shape index (κ2) is 5.30. The third-order valence-electron chi connectivity index (χ3n) is 3.04. The molecular formula is C13H21N3. The van der Waals surface area contributed by atoms with Gasteiger partial charge in [-0.05, 0) is 37.3 Å². The van der Waals surface area contributed by atoms with Gasteiger partial charge in [0.2, 0.25) is 0 Å². The lowest BCUT2D eigenvalue weighted by Crippen LogP contribution is -2.26. The predicted octanol–water partition coefficient (Wildman–Crippen LogP) is 2.17. The van der Waals surface area contributed by atoms with Crippen molar-refractivity contribution in [2.24, 2.45) is 11.7 Å². The molecule has 0 bridgehead atoms. The van der Waals surface area contributed by atoms with Gasteiger partial charge in [-0.25, -0.2) is 0 Å². The van der Waals surface area contributed by atoms with Gasteiger partial charge in [-0.2, -0.15) is 0 Å². The molecule has 0 aliphatic heterocycles. The molecule has 1 aliphatic rings. The van der Waals surface area contributed by atoms with E-state index in [2.05, 4.69) is 28.9 Å². The summed E-state index contributed by atoms with van der Waals surface area (Å²) in [6.07, 6.45) is 5.85. The first-order valence-corrected chi connectivity index (χ1v) is 6.23. The highest BCUT2D eigenvalue weighted by Gasteiger charge is 2.24. The van der Waals surface area contributed by atoms with Crippen LogP contribution in [0.5, 0.6) is 0 Å². The number of rotatable bonds is 6. The van der Waals surface area contributed by atoms with Gasteiger partial charge < -0.3 is 10.6 Å². The largest absolute Gasteiger partial charge is 0.371 e. The average Bonchev–Trinajstić information content (AvgIpc) is 3.12. The van der Waals surface area contributed by atoms with E-state index in [0.717, 1.165) is 18.2 Å². The fourth-order valence-corrected chi connectivity index (χ4v) is 1.98. The molecule has 16 heavy (non-hydrogen) atoms. The number of anilines is 1. The molecule has 0 aromatic carbocycles. The Morgan fingerprint density at radius 2 is 2.31 bits per heavy atom. The Morgan fingerprint density at radius 1 is 1.50 bits per heavy atom. The zero-order chi connectivity index (χ0) is 11.4. The van der Waals surface area contributed by atoms with Crippen molar-refractivity contribution in [3.05, 3.63) is 24.0 Å². The average molecular weight is 219 g/mol. The van der Waals surface area contributed by atoms with Crippen molar-refractivity contribution in [1.82, 2.24) is 4.98 Å². The molecule has 2 N–H and O–H groups in total. The van der Waals surface area contributed by atoms with Crippen LogP contribution in [-0.2, 0) is 6.54 Å². The predicted molar refractivity (Wildman–Crippen MR) is 67.4 cm³/mol. The van der Waals surface area contributed by atoms with E-state index in [9.17, 15) is 0 Å². The fraction of sp³-hybridized carbons (Fsp3) is 0.615. The molecule has 0 unspecified atom stereocenters. The molecule has 0 atom stereocenters. The van der Waals surface area contributed by atoms with Crippen LogP contribution in [0.4, 0.5) is 5.69 Å². The van der Waals surface area contributed by atoms with Gasteiger partial charge in [0.25, 0.3) is 0 Å². The molecule has 0 spiro atoms. The van der Waals surface area contributed by atoms with Gasteiger partial charge in [-0.3, -0.25) is 4.98 Å². The van der Waals surface area contributed by atoms with Gasteiger partial charge in [-0.15, -0.1) is 0 Å².